The number of unbranched alkanes of at least 4 members (excludes halogenated alkanes) is 2. The van der Waals surface area contributed by atoms with E-state index in [2.05, 4.69) is 36.9 Å². The van der Waals surface area contributed by atoms with Gasteiger partial charge in [0, 0.05) is 13.0 Å². The molecule has 0 bridgehead atoms. The molecule has 59 heavy (non-hydrogen) atoms. The van der Waals surface area contributed by atoms with Crippen molar-refractivity contribution in [2.75, 3.05) is 19.6 Å². The number of carbonyl (C=O) groups excluding carboxylic acids is 7. The molecule has 0 rings (SSSR count). The van der Waals surface area contributed by atoms with E-state index in [0.29, 0.717) is 32.2 Å². The fourth-order valence-electron chi connectivity index (χ4n) is 5.58. The number of nitrogens with zero attached hydrogens (tertiary/aromatic N) is 1. The van der Waals surface area contributed by atoms with Crippen LogP contribution < -0.4 is 66.3 Å². The maximum Gasteiger partial charge on any atom is 0.326 e. The number of hydrogen-bond donors (Lipinski definition) is 14. The lowest BCUT2D eigenvalue weighted by Crippen LogP contribution is -2.61. The van der Waals surface area contributed by atoms with Crippen molar-refractivity contribution in [2.24, 2.45) is 45.3 Å². The number of rotatable bonds is 31. The standard InChI is InChI=1S/C36H69N13O10/c1-19(2)18-26(33(56)47-25(35(58)59)12-9-17-43-36(41)42)48-31(54)24(13-14-27(40)51)45-30(53)22(10-5-7-15-37)46-34(57)28(21(4)50)49-32(55)23(11-6-8-16-38)44-29(52)20(3)39/h19-26,28,50H,5-18,37-39H2,1-4H3,(H2,40,51)(H,44,52)(H,45,53)(H,46,57)(H,47,56)(H,48,54)(H,49,55)(H,58,59)(H4,41,42,43)/t20-,21+,22-,23-,24-,25-,26-,28-/m0/s1. The molecule has 0 aromatic rings. The van der Waals surface area contributed by atoms with Crippen LogP contribution in [0.25, 0.3) is 0 Å². The van der Waals surface area contributed by atoms with Crippen LogP contribution in [0.5, 0.6) is 0 Å². The van der Waals surface area contributed by atoms with Crippen LogP contribution in [0, 0.1) is 5.92 Å². The van der Waals surface area contributed by atoms with Crippen LogP contribution in [0.2, 0.25) is 0 Å². The topological polar surface area (TPSA) is 418 Å². The van der Waals surface area contributed by atoms with Gasteiger partial charge < -0.3 is 76.5 Å². The number of aliphatic hydroxyl groups excluding tert-OH is 1. The Kier molecular flexibility index (Phi) is 26.6. The van der Waals surface area contributed by atoms with Gasteiger partial charge in [0.05, 0.1) is 12.1 Å². The number of carbonyl (C=O) groups is 8. The molecule has 0 heterocycles. The molecule has 0 aromatic carbocycles. The Morgan fingerprint density at radius 2 is 0.983 bits per heavy atom. The Morgan fingerprint density at radius 1 is 0.559 bits per heavy atom. The minimum Gasteiger partial charge on any atom is -0.480 e. The third kappa shape index (κ3) is 23.2. The molecular weight excluding hydrogens is 774 g/mol. The third-order valence-corrected chi connectivity index (χ3v) is 8.85. The first kappa shape index (κ1) is 53.9. The number of carboxylic acid groups (broad SMARTS) is 1. The van der Waals surface area contributed by atoms with E-state index in [-0.39, 0.29) is 69.9 Å². The fourth-order valence-corrected chi connectivity index (χ4v) is 5.58. The molecule has 338 valence electrons. The number of aliphatic imine (C=N–C) groups is 1. The molecule has 0 unspecified atom stereocenters. The molecule has 7 amide bonds. The van der Waals surface area contributed by atoms with Gasteiger partial charge in [0.2, 0.25) is 41.4 Å². The lowest BCUT2D eigenvalue weighted by Gasteiger charge is -2.28. The third-order valence-electron chi connectivity index (χ3n) is 8.85. The number of carboxylic acids is 1. The van der Waals surface area contributed by atoms with Gasteiger partial charge in [-0.2, -0.15) is 0 Å². The van der Waals surface area contributed by atoms with Gasteiger partial charge in [-0.1, -0.05) is 13.8 Å². The highest BCUT2D eigenvalue weighted by atomic mass is 16.4. The number of hydrogen-bond acceptors (Lipinski definition) is 13. The number of aliphatic carboxylic acids is 1. The summed E-state index contributed by atoms with van der Waals surface area (Å²) in [5.74, 6) is -7.52. The Morgan fingerprint density at radius 3 is 1.42 bits per heavy atom. The van der Waals surface area contributed by atoms with Crippen molar-refractivity contribution in [1.29, 1.82) is 0 Å². The van der Waals surface area contributed by atoms with Gasteiger partial charge in [-0.25, -0.2) is 4.79 Å². The number of primary amides is 1. The first-order valence-corrected chi connectivity index (χ1v) is 19.9. The van der Waals surface area contributed by atoms with Crippen LogP contribution in [-0.2, 0) is 38.4 Å². The zero-order valence-corrected chi connectivity index (χ0v) is 34.7. The van der Waals surface area contributed by atoms with Crippen molar-refractivity contribution in [3.63, 3.8) is 0 Å². The van der Waals surface area contributed by atoms with Crippen LogP contribution >= 0.6 is 0 Å². The van der Waals surface area contributed by atoms with E-state index in [1.165, 1.54) is 13.8 Å². The molecular formula is C36H69N13O10. The summed E-state index contributed by atoms with van der Waals surface area (Å²) in [6.07, 6.45) is -0.0698. The van der Waals surface area contributed by atoms with E-state index in [9.17, 15) is 48.6 Å². The second-order valence-electron chi connectivity index (χ2n) is 14.8. The minimum atomic E-state index is -1.61. The second kappa shape index (κ2) is 29.1. The van der Waals surface area contributed by atoms with Crippen LogP contribution in [-0.4, -0.2) is 132 Å². The highest BCUT2D eigenvalue weighted by Crippen LogP contribution is 2.11. The number of nitrogens with one attached hydrogen (secondary N) is 6. The summed E-state index contributed by atoms with van der Waals surface area (Å²) in [6.45, 7) is 6.87. The largest absolute Gasteiger partial charge is 0.480 e. The molecule has 20 N–H and O–H groups in total. The molecule has 0 radical (unpaired) electrons. The van der Waals surface area contributed by atoms with E-state index in [4.69, 9.17) is 34.4 Å². The Balaban J connectivity index is 6.36. The molecule has 0 fully saturated rings. The molecule has 23 nitrogen and oxygen atoms in total. The zero-order valence-electron chi connectivity index (χ0n) is 34.7. The molecule has 0 saturated carbocycles. The predicted octanol–water partition coefficient (Wildman–Crippen LogP) is -4.67. The van der Waals surface area contributed by atoms with Gasteiger partial charge in [0.25, 0.3) is 0 Å². The highest BCUT2D eigenvalue weighted by Gasteiger charge is 2.35. The van der Waals surface area contributed by atoms with Gasteiger partial charge in [0.1, 0.15) is 36.3 Å². The van der Waals surface area contributed by atoms with Crippen molar-refractivity contribution < 1.29 is 48.6 Å². The molecule has 0 aliphatic heterocycles. The first-order valence-electron chi connectivity index (χ1n) is 19.9. The van der Waals surface area contributed by atoms with E-state index in [0.717, 1.165) is 0 Å². The van der Waals surface area contributed by atoms with Gasteiger partial charge >= 0.3 is 5.97 Å². The van der Waals surface area contributed by atoms with Gasteiger partial charge in [-0.3, -0.25) is 38.6 Å². The summed E-state index contributed by atoms with van der Waals surface area (Å²) in [7, 11) is 0. The SMILES string of the molecule is CC(C)C[C@H](NC(=O)[C@H](CCC(N)=O)NC(=O)[C@H](CCCCN)NC(=O)[C@@H](NC(=O)[C@H](CCCCN)NC(=O)[C@H](C)N)[C@@H](C)O)C(=O)N[C@@H](CCCN=C(N)N)C(=O)O. The van der Waals surface area contributed by atoms with Crippen LogP contribution in [0.15, 0.2) is 4.99 Å². The molecule has 0 spiro atoms. The maximum absolute atomic E-state index is 13.8. The first-order chi connectivity index (χ1) is 27.6. The molecule has 0 aromatic heterocycles. The fraction of sp³-hybridized carbons (Fsp3) is 0.750. The van der Waals surface area contributed by atoms with E-state index in [1.807, 2.05) is 0 Å². The summed E-state index contributed by atoms with van der Waals surface area (Å²) in [4.78, 5) is 108. The van der Waals surface area contributed by atoms with Crippen LogP contribution in [0.3, 0.4) is 0 Å². The quantitative estimate of drug-likeness (QED) is 0.0177. The summed E-state index contributed by atoms with van der Waals surface area (Å²) in [6, 6.07) is -9.15. The minimum absolute atomic E-state index is 0.0102. The predicted molar refractivity (Wildman–Crippen MR) is 218 cm³/mol. The molecule has 0 aliphatic carbocycles. The van der Waals surface area contributed by atoms with Crippen molar-refractivity contribution in [3.05, 3.63) is 0 Å². The smallest absolute Gasteiger partial charge is 0.326 e. The summed E-state index contributed by atoms with van der Waals surface area (Å²) in [5, 5.41) is 35.2. The number of guanidine groups is 1. The molecule has 23 heteroatoms. The summed E-state index contributed by atoms with van der Waals surface area (Å²) >= 11 is 0. The Labute approximate surface area is 345 Å². The summed E-state index contributed by atoms with van der Waals surface area (Å²) < 4.78 is 0. The maximum atomic E-state index is 13.8. The van der Waals surface area contributed by atoms with Crippen molar-refractivity contribution in [3.8, 4) is 0 Å². The number of nitrogens with two attached hydrogens (primary N) is 6. The average Bonchev–Trinajstić information content (AvgIpc) is 3.14. The second-order valence-corrected chi connectivity index (χ2v) is 14.8. The Bertz CT molecular complexity index is 1410. The lowest BCUT2D eigenvalue weighted by atomic mass is 10.0. The normalized spacial score (nSPS) is 15.1. The Hall–Kier alpha value is -5.13. The van der Waals surface area contributed by atoms with Crippen LogP contribution in [0.4, 0.5) is 0 Å². The lowest BCUT2D eigenvalue weighted by molar-refractivity contribution is -0.142. The van der Waals surface area contributed by atoms with E-state index >= 15 is 0 Å². The van der Waals surface area contributed by atoms with Crippen molar-refractivity contribution in [1.82, 2.24) is 31.9 Å². The van der Waals surface area contributed by atoms with E-state index in [1.54, 1.807) is 13.8 Å². The van der Waals surface area contributed by atoms with E-state index < -0.39 is 95.7 Å². The van der Waals surface area contributed by atoms with Gasteiger partial charge in [-0.05, 0) is 97.1 Å². The average molecular weight is 844 g/mol. The molecule has 0 aliphatic rings. The van der Waals surface area contributed by atoms with Gasteiger partial charge in [0.15, 0.2) is 5.96 Å². The van der Waals surface area contributed by atoms with Gasteiger partial charge in [-0.15, -0.1) is 0 Å². The highest BCUT2D eigenvalue weighted by molar-refractivity contribution is 5.97. The van der Waals surface area contributed by atoms with Crippen LogP contribution in [0.1, 0.15) is 98.3 Å². The van der Waals surface area contributed by atoms with Crippen molar-refractivity contribution >= 4 is 53.3 Å². The zero-order chi connectivity index (χ0) is 45.2. The van der Waals surface area contributed by atoms with Crippen molar-refractivity contribution in [2.45, 2.75) is 147 Å². The number of aliphatic hydroxyl groups is 1. The number of amides is 7. The monoisotopic (exact) mass is 844 g/mol. The summed E-state index contributed by atoms with van der Waals surface area (Å²) in [5.41, 5.74) is 32.9. The molecule has 0 saturated heterocycles. The molecule has 8 atom stereocenters.